The third-order valence-electron chi connectivity index (χ3n) is 2.50. The lowest BCUT2D eigenvalue weighted by atomic mass is 10.0. The number of nitro groups is 1. The summed E-state index contributed by atoms with van der Waals surface area (Å²) in [6.07, 6.45) is 0.115. The number of hydrogen-bond acceptors (Lipinski definition) is 6. The second-order valence-corrected chi connectivity index (χ2v) is 3.82. The Hall–Kier alpha value is -2.15. The molecule has 104 valence electrons. The molecule has 2 N–H and O–H groups in total. The Morgan fingerprint density at radius 1 is 1.53 bits per heavy atom. The number of rotatable bonds is 6. The van der Waals surface area contributed by atoms with Crippen molar-refractivity contribution in [1.29, 1.82) is 0 Å². The predicted molar refractivity (Wildman–Crippen MR) is 68.0 cm³/mol. The molecule has 7 heteroatoms. The molecule has 19 heavy (non-hydrogen) atoms. The summed E-state index contributed by atoms with van der Waals surface area (Å²) in [5.74, 6) is -0.0959. The highest BCUT2D eigenvalue weighted by atomic mass is 16.6. The molecule has 0 aromatic heterocycles. The van der Waals surface area contributed by atoms with Crippen LogP contribution >= 0.6 is 0 Å². The Morgan fingerprint density at radius 3 is 2.74 bits per heavy atom. The standard InChI is InChI=1S/C12H16N2O5/c1-3-19-12(15)10(13)7-8-6-9(14(16)17)4-5-11(8)18-2/h4-6,10H,3,7,13H2,1-2H3. The molecule has 1 unspecified atom stereocenters. The summed E-state index contributed by atoms with van der Waals surface area (Å²) in [7, 11) is 1.44. The molecule has 0 saturated heterocycles. The molecule has 1 aromatic carbocycles. The van der Waals surface area contributed by atoms with Gasteiger partial charge in [-0.2, -0.15) is 0 Å². The number of esters is 1. The zero-order chi connectivity index (χ0) is 14.4. The molecule has 7 nitrogen and oxygen atoms in total. The van der Waals surface area contributed by atoms with Gasteiger partial charge >= 0.3 is 5.97 Å². The van der Waals surface area contributed by atoms with E-state index in [1.807, 2.05) is 0 Å². The van der Waals surface area contributed by atoms with Gasteiger partial charge in [0.2, 0.25) is 0 Å². The maximum absolute atomic E-state index is 11.4. The first-order valence-corrected chi connectivity index (χ1v) is 5.73. The summed E-state index contributed by atoms with van der Waals surface area (Å²) >= 11 is 0. The summed E-state index contributed by atoms with van der Waals surface area (Å²) in [5, 5.41) is 10.7. The molecular formula is C12H16N2O5. The SMILES string of the molecule is CCOC(=O)C(N)Cc1cc([N+](=O)[O-])ccc1OC. The predicted octanol–water partition coefficient (Wildman–Crippen LogP) is 1.04. The topological polar surface area (TPSA) is 105 Å². The average molecular weight is 268 g/mol. The fraction of sp³-hybridized carbons (Fsp3) is 0.417. The van der Waals surface area contributed by atoms with Gasteiger partial charge in [0.25, 0.3) is 5.69 Å². The van der Waals surface area contributed by atoms with Gasteiger partial charge in [-0.3, -0.25) is 14.9 Å². The van der Waals surface area contributed by atoms with E-state index in [-0.39, 0.29) is 18.7 Å². The van der Waals surface area contributed by atoms with E-state index in [0.29, 0.717) is 11.3 Å². The van der Waals surface area contributed by atoms with Crippen molar-refractivity contribution in [3.05, 3.63) is 33.9 Å². The van der Waals surface area contributed by atoms with Crippen molar-refractivity contribution in [3.63, 3.8) is 0 Å². The number of benzene rings is 1. The fourth-order valence-corrected chi connectivity index (χ4v) is 1.61. The fourth-order valence-electron chi connectivity index (χ4n) is 1.61. The Balaban J connectivity index is 2.94. The lowest BCUT2D eigenvalue weighted by Gasteiger charge is -2.13. The van der Waals surface area contributed by atoms with Crippen LogP contribution in [0.4, 0.5) is 5.69 Å². The zero-order valence-electron chi connectivity index (χ0n) is 10.8. The maximum atomic E-state index is 11.4. The summed E-state index contributed by atoms with van der Waals surface area (Å²) in [6, 6.07) is 3.28. The highest BCUT2D eigenvalue weighted by Gasteiger charge is 2.19. The van der Waals surface area contributed by atoms with Gasteiger partial charge in [0.15, 0.2) is 0 Å². The van der Waals surface area contributed by atoms with Crippen molar-refractivity contribution < 1.29 is 19.2 Å². The highest BCUT2D eigenvalue weighted by molar-refractivity contribution is 5.76. The van der Waals surface area contributed by atoms with Crippen LogP contribution in [0.25, 0.3) is 0 Å². The minimum Gasteiger partial charge on any atom is -0.496 e. The number of nitrogens with zero attached hydrogens (tertiary/aromatic N) is 1. The highest BCUT2D eigenvalue weighted by Crippen LogP contribution is 2.25. The third kappa shape index (κ3) is 3.92. The normalized spacial score (nSPS) is 11.7. The van der Waals surface area contributed by atoms with E-state index in [4.69, 9.17) is 15.2 Å². The van der Waals surface area contributed by atoms with Gasteiger partial charge in [0, 0.05) is 24.1 Å². The summed E-state index contributed by atoms with van der Waals surface area (Å²) in [4.78, 5) is 21.6. The van der Waals surface area contributed by atoms with Crippen LogP contribution in [0.15, 0.2) is 18.2 Å². The van der Waals surface area contributed by atoms with Gasteiger partial charge in [-0.25, -0.2) is 0 Å². The van der Waals surface area contributed by atoms with Gasteiger partial charge in [-0.05, 0) is 13.0 Å². The Morgan fingerprint density at radius 2 is 2.21 bits per heavy atom. The van der Waals surface area contributed by atoms with Crippen LogP contribution in [0.5, 0.6) is 5.75 Å². The number of nitrogens with two attached hydrogens (primary N) is 1. The summed E-state index contributed by atoms with van der Waals surface area (Å²) < 4.78 is 9.88. The quantitative estimate of drug-likeness (QED) is 0.469. The average Bonchev–Trinajstić information content (AvgIpc) is 2.38. The molecule has 0 spiro atoms. The zero-order valence-corrected chi connectivity index (χ0v) is 10.8. The first-order valence-electron chi connectivity index (χ1n) is 5.73. The number of carbonyl (C=O) groups is 1. The lowest BCUT2D eigenvalue weighted by Crippen LogP contribution is -2.34. The molecule has 1 rings (SSSR count). The van der Waals surface area contributed by atoms with Crippen LogP contribution in [0.3, 0.4) is 0 Å². The van der Waals surface area contributed by atoms with Gasteiger partial charge in [-0.15, -0.1) is 0 Å². The van der Waals surface area contributed by atoms with Crippen molar-refractivity contribution >= 4 is 11.7 Å². The molecule has 1 atom stereocenters. The molecule has 0 fully saturated rings. The molecule has 0 aliphatic rings. The van der Waals surface area contributed by atoms with E-state index in [0.717, 1.165) is 0 Å². The van der Waals surface area contributed by atoms with Crippen molar-refractivity contribution in [3.8, 4) is 5.75 Å². The molecule has 1 aromatic rings. The smallest absolute Gasteiger partial charge is 0.323 e. The Bertz CT molecular complexity index is 475. The van der Waals surface area contributed by atoms with Gasteiger partial charge in [-0.1, -0.05) is 0 Å². The monoisotopic (exact) mass is 268 g/mol. The van der Waals surface area contributed by atoms with E-state index in [9.17, 15) is 14.9 Å². The number of carbonyl (C=O) groups excluding carboxylic acids is 1. The summed E-state index contributed by atoms with van der Waals surface area (Å²) in [5.41, 5.74) is 6.11. The minimum atomic E-state index is -0.879. The molecule has 0 heterocycles. The van der Waals surface area contributed by atoms with E-state index in [2.05, 4.69) is 0 Å². The van der Waals surface area contributed by atoms with Crippen LogP contribution in [0.2, 0.25) is 0 Å². The van der Waals surface area contributed by atoms with Crippen LogP contribution in [0.1, 0.15) is 12.5 Å². The molecule has 0 saturated carbocycles. The van der Waals surface area contributed by atoms with Crippen molar-refractivity contribution in [1.82, 2.24) is 0 Å². The third-order valence-corrected chi connectivity index (χ3v) is 2.50. The Labute approximate surface area is 110 Å². The van der Waals surface area contributed by atoms with Crippen LogP contribution in [-0.4, -0.2) is 30.7 Å². The molecule has 0 amide bonds. The largest absolute Gasteiger partial charge is 0.496 e. The number of nitro benzene ring substituents is 1. The summed E-state index contributed by atoms with van der Waals surface area (Å²) in [6.45, 7) is 1.91. The molecular weight excluding hydrogens is 252 g/mol. The van der Waals surface area contributed by atoms with Gasteiger partial charge in [0.1, 0.15) is 11.8 Å². The van der Waals surface area contributed by atoms with E-state index in [1.54, 1.807) is 6.92 Å². The maximum Gasteiger partial charge on any atom is 0.323 e. The van der Waals surface area contributed by atoms with Gasteiger partial charge < -0.3 is 15.2 Å². The van der Waals surface area contributed by atoms with Crippen molar-refractivity contribution in [2.45, 2.75) is 19.4 Å². The van der Waals surface area contributed by atoms with Crippen LogP contribution < -0.4 is 10.5 Å². The first kappa shape index (κ1) is 14.9. The molecule has 0 bridgehead atoms. The molecule has 0 aliphatic heterocycles. The number of non-ortho nitro benzene ring substituents is 1. The van der Waals surface area contributed by atoms with Crippen molar-refractivity contribution in [2.75, 3.05) is 13.7 Å². The van der Waals surface area contributed by atoms with E-state index < -0.39 is 16.9 Å². The van der Waals surface area contributed by atoms with Crippen LogP contribution in [0, 0.1) is 10.1 Å². The van der Waals surface area contributed by atoms with Gasteiger partial charge in [0.05, 0.1) is 18.6 Å². The second kappa shape index (κ2) is 6.69. The van der Waals surface area contributed by atoms with E-state index in [1.165, 1.54) is 25.3 Å². The second-order valence-electron chi connectivity index (χ2n) is 3.82. The lowest BCUT2D eigenvalue weighted by molar-refractivity contribution is -0.384. The van der Waals surface area contributed by atoms with E-state index >= 15 is 0 Å². The molecule has 0 radical (unpaired) electrons. The molecule has 0 aliphatic carbocycles. The minimum absolute atomic E-state index is 0.0770. The number of methoxy groups -OCH3 is 1. The first-order chi connectivity index (χ1) is 8.99. The van der Waals surface area contributed by atoms with Crippen LogP contribution in [-0.2, 0) is 16.0 Å². The number of hydrogen-bond donors (Lipinski definition) is 1. The Kier molecular flexibility index (Phi) is 5.25. The number of ether oxygens (including phenoxy) is 2. The van der Waals surface area contributed by atoms with Crippen molar-refractivity contribution in [2.24, 2.45) is 5.73 Å².